The standard InChI is InChI=1S/C9H16F3NO/c1-8(3-2-4-8)13-5-6-14-7-9(10,11)12/h13H,2-7H2,1H3. The lowest BCUT2D eigenvalue weighted by molar-refractivity contribution is -0.173. The smallest absolute Gasteiger partial charge is 0.371 e. The number of hydrogen-bond acceptors (Lipinski definition) is 2. The summed E-state index contributed by atoms with van der Waals surface area (Å²) in [5.41, 5.74) is 0.140. The molecule has 0 unspecified atom stereocenters. The number of rotatable bonds is 5. The quantitative estimate of drug-likeness (QED) is 0.703. The summed E-state index contributed by atoms with van der Waals surface area (Å²) in [5, 5.41) is 3.19. The van der Waals surface area contributed by atoms with E-state index < -0.39 is 12.8 Å². The molecule has 2 nitrogen and oxygen atoms in total. The van der Waals surface area contributed by atoms with Gasteiger partial charge in [-0.2, -0.15) is 13.2 Å². The van der Waals surface area contributed by atoms with Gasteiger partial charge in [0.2, 0.25) is 0 Å². The van der Waals surface area contributed by atoms with Crippen LogP contribution in [-0.2, 0) is 4.74 Å². The van der Waals surface area contributed by atoms with Gasteiger partial charge in [-0.3, -0.25) is 0 Å². The highest BCUT2D eigenvalue weighted by molar-refractivity contribution is 4.91. The lowest BCUT2D eigenvalue weighted by Gasteiger charge is -2.39. The van der Waals surface area contributed by atoms with E-state index in [0.29, 0.717) is 6.54 Å². The molecule has 0 spiro atoms. The van der Waals surface area contributed by atoms with E-state index >= 15 is 0 Å². The Morgan fingerprint density at radius 3 is 2.43 bits per heavy atom. The molecule has 1 N–H and O–H groups in total. The van der Waals surface area contributed by atoms with E-state index in [9.17, 15) is 13.2 Å². The molecule has 1 saturated carbocycles. The van der Waals surface area contributed by atoms with Crippen LogP contribution in [0.1, 0.15) is 26.2 Å². The summed E-state index contributed by atoms with van der Waals surface area (Å²) >= 11 is 0. The molecular formula is C9H16F3NO. The fourth-order valence-electron chi connectivity index (χ4n) is 1.50. The maximum atomic E-state index is 11.6. The van der Waals surface area contributed by atoms with Crippen molar-refractivity contribution in [1.82, 2.24) is 5.32 Å². The molecule has 5 heteroatoms. The van der Waals surface area contributed by atoms with E-state index in [1.807, 2.05) is 0 Å². The SMILES string of the molecule is CC1(NCCOCC(F)(F)F)CCC1. The van der Waals surface area contributed by atoms with Crippen molar-refractivity contribution in [3.8, 4) is 0 Å². The second kappa shape index (κ2) is 4.49. The van der Waals surface area contributed by atoms with E-state index in [2.05, 4.69) is 17.0 Å². The first-order valence-corrected chi connectivity index (χ1v) is 4.81. The molecule has 0 aliphatic heterocycles. The summed E-state index contributed by atoms with van der Waals surface area (Å²) in [7, 11) is 0. The molecule has 14 heavy (non-hydrogen) atoms. The Hall–Kier alpha value is -0.290. The zero-order chi connectivity index (χ0) is 10.7. The van der Waals surface area contributed by atoms with E-state index in [-0.39, 0.29) is 12.1 Å². The number of ether oxygens (including phenoxy) is 1. The van der Waals surface area contributed by atoms with Crippen LogP contribution >= 0.6 is 0 Å². The summed E-state index contributed by atoms with van der Waals surface area (Å²) < 4.78 is 39.4. The molecule has 0 heterocycles. The summed E-state index contributed by atoms with van der Waals surface area (Å²) in [6, 6.07) is 0. The van der Waals surface area contributed by atoms with Crippen molar-refractivity contribution in [3.63, 3.8) is 0 Å². The number of halogens is 3. The van der Waals surface area contributed by atoms with Gasteiger partial charge in [0.15, 0.2) is 0 Å². The van der Waals surface area contributed by atoms with Crippen LogP contribution in [0.5, 0.6) is 0 Å². The van der Waals surface area contributed by atoms with Crippen LogP contribution in [-0.4, -0.2) is 31.5 Å². The highest BCUT2D eigenvalue weighted by Gasteiger charge is 2.31. The van der Waals surface area contributed by atoms with E-state index in [1.54, 1.807) is 0 Å². The highest BCUT2D eigenvalue weighted by atomic mass is 19.4. The van der Waals surface area contributed by atoms with Gasteiger partial charge in [-0.25, -0.2) is 0 Å². The van der Waals surface area contributed by atoms with Gasteiger partial charge >= 0.3 is 6.18 Å². The van der Waals surface area contributed by atoms with Crippen molar-refractivity contribution < 1.29 is 17.9 Å². The van der Waals surface area contributed by atoms with Gasteiger partial charge in [0.1, 0.15) is 6.61 Å². The van der Waals surface area contributed by atoms with Crippen LogP contribution in [0.4, 0.5) is 13.2 Å². The first kappa shape index (κ1) is 11.8. The number of nitrogens with one attached hydrogen (secondary N) is 1. The molecule has 1 fully saturated rings. The molecule has 84 valence electrons. The normalized spacial score (nSPS) is 20.6. The van der Waals surface area contributed by atoms with Crippen LogP contribution in [0.25, 0.3) is 0 Å². The Labute approximate surface area is 81.8 Å². The van der Waals surface area contributed by atoms with Crippen LogP contribution in [0.2, 0.25) is 0 Å². The lowest BCUT2D eigenvalue weighted by atomic mass is 9.78. The molecule has 1 aliphatic carbocycles. The molecule has 1 aliphatic rings. The van der Waals surface area contributed by atoms with Gasteiger partial charge in [-0.15, -0.1) is 0 Å². The van der Waals surface area contributed by atoms with Crippen molar-refractivity contribution in [2.45, 2.75) is 37.9 Å². The number of hydrogen-bond donors (Lipinski definition) is 1. The largest absolute Gasteiger partial charge is 0.411 e. The monoisotopic (exact) mass is 211 g/mol. The van der Waals surface area contributed by atoms with Crippen LogP contribution in [0.15, 0.2) is 0 Å². The predicted octanol–water partition coefficient (Wildman–Crippen LogP) is 2.10. The lowest BCUT2D eigenvalue weighted by Crippen LogP contribution is -2.49. The molecular weight excluding hydrogens is 195 g/mol. The van der Waals surface area contributed by atoms with Gasteiger partial charge in [0.25, 0.3) is 0 Å². The first-order chi connectivity index (χ1) is 6.41. The molecule has 0 aromatic heterocycles. The third kappa shape index (κ3) is 4.28. The zero-order valence-corrected chi connectivity index (χ0v) is 8.28. The minimum absolute atomic E-state index is 0.120. The van der Waals surface area contributed by atoms with Gasteiger partial charge in [-0.05, 0) is 26.2 Å². The van der Waals surface area contributed by atoms with Gasteiger partial charge < -0.3 is 10.1 Å². The maximum absolute atomic E-state index is 11.6. The van der Waals surface area contributed by atoms with Crippen LogP contribution in [0.3, 0.4) is 0 Å². The topological polar surface area (TPSA) is 21.3 Å². The van der Waals surface area contributed by atoms with Crippen molar-refractivity contribution in [3.05, 3.63) is 0 Å². The maximum Gasteiger partial charge on any atom is 0.411 e. The Balaban J connectivity index is 1.94. The Morgan fingerprint density at radius 2 is 2.00 bits per heavy atom. The van der Waals surface area contributed by atoms with Crippen molar-refractivity contribution in [2.75, 3.05) is 19.8 Å². The third-order valence-electron chi connectivity index (χ3n) is 2.52. The Kier molecular flexibility index (Phi) is 3.78. The summed E-state index contributed by atoms with van der Waals surface area (Å²) in [6.45, 7) is 1.55. The van der Waals surface area contributed by atoms with Gasteiger partial charge in [-0.1, -0.05) is 0 Å². The van der Waals surface area contributed by atoms with Crippen molar-refractivity contribution in [1.29, 1.82) is 0 Å². The molecule has 0 aromatic carbocycles. The van der Waals surface area contributed by atoms with Crippen molar-refractivity contribution >= 4 is 0 Å². The fraction of sp³-hybridized carbons (Fsp3) is 1.00. The summed E-state index contributed by atoms with van der Waals surface area (Å²) in [4.78, 5) is 0. The average Bonchev–Trinajstić information content (AvgIpc) is 1.98. The Morgan fingerprint density at radius 1 is 1.36 bits per heavy atom. The van der Waals surface area contributed by atoms with Gasteiger partial charge in [0, 0.05) is 12.1 Å². The molecule has 0 aromatic rings. The summed E-state index contributed by atoms with van der Waals surface area (Å²) in [5.74, 6) is 0. The molecule has 0 radical (unpaired) electrons. The third-order valence-corrected chi connectivity index (χ3v) is 2.52. The van der Waals surface area contributed by atoms with Crippen LogP contribution < -0.4 is 5.32 Å². The zero-order valence-electron chi connectivity index (χ0n) is 8.28. The number of alkyl halides is 3. The summed E-state index contributed by atoms with van der Waals surface area (Å²) in [6.07, 6.45) is -0.800. The van der Waals surface area contributed by atoms with Crippen molar-refractivity contribution in [2.24, 2.45) is 0 Å². The van der Waals surface area contributed by atoms with E-state index in [4.69, 9.17) is 0 Å². The second-order valence-corrected chi connectivity index (χ2v) is 4.01. The van der Waals surface area contributed by atoms with Crippen LogP contribution in [0, 0.1) is 0 Å². The Bertz CT molecular complexity index is 177. The molecule has 0 bridgehead atoms. The van der Waals surface area contributed by atoms with E-state index in [1.165, 1.54) is 6.42 Å². The minimum Gasteiger partial charge on any atom is -0.371 e. The molecule has 0 atom stereocenters. The fourth-order valence-corrected chi connectivity index (χ4v) is 1.50. The van der Waals surface area contributed by atoms with Gasteiger partial charge in [0.05, 0.1) is 6.61 Å². The van der Waals surface area contributed by atoms with E-state index in [0.717, 1.165) is 12.8 Å². The minimum atomic E-state index is -4.21. The predicted molar refractivity (Wildman–Crippen MR) is 47.1 cm³/mol. The molecule has 0 amide bonds. The average molecular weight is 211 g/mol. The second-order valence-electron chi connectivity index (χ2n) is 4.01. The highest BCUT2D eigenvalue weighted by Crippen LogP contribution is 2.30. The molecule has 1 rings (SSSR count). The molecule has 0 saturated heterocycles. The first-order valence-electron chi connectivity index (χ1n) is 4.81.